The molecule has 0 N–H and O–H groups in total. The van der Waals surface area contributed by atoms with Gasteiger partial charge in [0.2, 0.25) is 0 Å². The van der Waals surface area contributed by atoms with Gasteiger partial charge < -0.3 is 14.5 Å². The molecule has 3 rings (SSSR count). The van der Waals surface area contributed by atoms with Gasteiger partial charge in [-0.25, -0.2) is 0 Å². The standard InChI is InChI=1S/C18H29N3O2S/c1-19(9-10-20-7-3-2-4-8-20)18(22)17-6-5-16(24-17)15-21-11-13-23-14-12-21/h5-6H,2-4,7-15H2,1H3. The maximum Gasteiger partial charge on any atom is 0.263 e. The Kier molecular flexibility index (Phi) is 6.66. The van der Waals surface area contributed by atoms with Crippen molar-refractivity contribution in [1.29, 1.82) is 0 Å². The first-order chi connectivity index (χ1) is 11.7. The van der Waals surface area contributed by atoms with E-state index in [1.54, 1.807) is 11.3 Å². The van der Waals surface area contributed by atoms with Gasteiger partial charge in [-0.15, -0.1) is 11.3 Å². The second kappa shape index (κ2) is 8.94. The molecule has 134 valence electrons. The molecule has 0 unspecified atom stereocenters. The molecule has 1 aromatic heterocycles. The van der Waals surface area contributed by atoms with E-state index < -0.39 is 0 Å². The van der Waals surface area contributed by atoms with Crippen LogP contribution >= 0.6 is 11.3 Å². The third-order valence-corrected chi connectivity index (χ3v) is 5.96. The van der Waals surface area contributed by atoms with E-state index in [1.165, 1.54) is 37.2 Å². The van der Waals surface area contributed by atoms with E-state index in [0.717, 1.165) is 50.8 Å². The molecule has 0 aliphatic carbocycles. The number of amides is 1. The van der Waals surface area contributed by atoms with Gasteiger partial charge in [-0.1, -0.05) is 6.42 Å². The minimum atomic E-state index is 0.158. The third kappa shape index (κ3) is 5.02. The van der Waals surface area contributed by atoms with Crippen molar-refractivity contribution in [3.05, 3.63) is 21.9 Å². The van der Waals surface area contributed by atoms with E-state index in [2.05, 4.69) is 15.9 Å². The average Bonchev–Trinajstić information content (AvgIpc) is 3.09. The summed E-state index contributed by atoms with van der Waals surface area (Å²) in [6, 6.07) is 4.09. The van der Waals surface area contributed by atoms with Crippen molar-refractivity contribution in [2.24, 2.45) is 0 Å². The summed E-state index contributed by atoms with van der Waals surface area (Å²) in [5.74, 6) is 0.158. The fourth-order valence-corrected chi connectivity index (χ4v) is 4.37. The number of piperidine rings is 1. The molecule has 0 saturated carbocycles. The molecule has 6 heteroatoms. The van der Waals surface area contributed by atoms with E-state index in [4.69, 9.17) is 4.74 Å². The predicted molar refractivity (Wildman–Crippen MR) is 97.7 cm³/mol. The van der Waals surface area contributed by atoms with Gasteiger partial charge in [0, 0.05) is 44.6 Å². The van der Waals surface area contributed by atoms with Crippen LogP contribution in [0.15, 0.2) is 12.1 Å². The Labute approximate surface area is 149 Å². The van der Waals surface area contributed by atoms with Gasteiger partial charge in [-0.2, -0.15) is 0 Å². The summed E-state index contributed by atoms with van der Waals surface area (Å²) in [4.78, 5) is 21.5. The summed E-state index contributed by atoms with van der Waals surface area (Å²) in [6.07, 6.45) is 3.95. The zero-order valence-corrected chi connectivity index (χ0v) is 15.5. The van der Waals surface area contributed by atoms with Crippen molar-refractivity contribution in [1.82, 2.24) is 14.7 Å². The Hall–Kier alpha value is -0.950. The number of thiophene rings is 1. The minimum Gasteiger partial charge on any atom is -0.379 e. The highest BCUT2D eigenvalue weighted by atomic mass is 32.1. The maximum absolute atomic E-state index is 12.6. The van der Waals surface area contributed by atoms with Gasteiger partial charge in [0.15, 0.2) is 0 Å². The number of likely N-dealkylation sites (tertiary alicyclic amines) is 1. The van der Waals surface area contributed by atoms with Crippen molar-refractivity contribution >= 4 is 17.2 Å². The number of carbonyl (C=O) groups excluding carboxylic acids is 1. The monoisotopic (exact) mass is 351 g/mol. The molecule has 24 heavy (non-hydrogen) atoms. The highest BCUT2D eigenvalue weighted by molar-refractivity contribution is 7.14. The number of morpholine rings is 1. The van der Waals surface area contributed by atoms with Crippen LogP contribution in [0.5, 0.6) is 0 Å². The summed E-state index contributed by atoms with van der Waals surface area (Å²) < 4.78 is 5.39. The fraction of sp³-hybridized carbons (Fsp3) is 0.722. The summed E-state index contributed by atoms with van der Waals surface area (Å²) in [5.41, 5.74) is 0. The average molecular weight is 352 g/mol. The summed E-state index contributed by atoms with van der Waals surface area (Å²) in [5, 5.41) is 0. The van der Waals surface area contributed by atoms with Crippen LogP contribution < -0.4 is 0 Å². The molecule has 2 saturated heterocycles. The number of nitrogens with zero attached hydrogens (tertiary/aromatic N) is 3. The van der Waals surface area contributed by atoms with Crippen molar-refractivity contribution in [2.75, 3.05) is 59.5 Å². The van der Waals surface area contributed by atoms with E-state index in [1.807, 2.05) is 18.0 Å². The van der Waals surface area contributed by atoms with E-state index in [-0.39, 0.29) is 5.91 Å². The normalized spacial score (nSPS) is 20.2. The molecule has 0 radical (unpaired) electrons. The largest absolute Gasteiger partial charge is 0.379 e. The van der Waals surface area contributed by atoms with Crippen LogP contribution in [0, 0.1) is 0 Å². The molecule has 1 aromatic rings. The van der Waals surface area contributed by atoms with Crippen LogP contribution in [0.1, 0.15) is 33.8 Å². The number of hydrogen-bond acceptors (Lipinski definition) is 5. The second-order valence-electron chi connectivity index (χ2n) is 6.78. The lowest BCUT2D eigenvalue weighted by molar-refractivity contribution is 0.0346. The lowest BCUT2D eigenvalue weighted by atomic mass is 10.1. The van der Waals surface area contributed by atoms with Crippen molar-refractivity contribution < 1.29 is 9.53 Å². The first-order valence-corrected chi connectivity index (χ1v) is 9.90. The molecular weight excluding hydrogens is 322 g/mol. The van der Waals surface area contributed by atoms with Gasteiger partial charge in [-0.3, -0.25) is 9.69 Å². The zero-order chi connectivity index (χ0) is 16.8. The highest BCUT2D eigenvalue weighted by Crippen LogP contribution is 2.20. The number of likely N-dealkylation sites (N-methyl/N-ethyl adjacent to an activating group) is 1. The van der Waals surface area contributed by atoms with Crippen molar-refractivity contribution in [3.63, 3.8) is 0 Å². The Bertz CT molecular complexity index is 522. The molecule has 0 atom stereocenters. The van der Waals surface area contributed by atoms with Crippen LogP contribution in [-0.2, 0) is 11.3 Å². The smallest absolute Gasteiger partial charge is 0.263 e. The SMILES string of the molecule is CN(CCN1CCCCC1)C(=O)c1ccc(CN2CCOCC2)s1. The van der Waals surface area contributed by atoms with Crippen LogP contribution in [0.2, 0.25) is 0 Å². The van der Waals surface area contributed by atoms with Crippen molar-refractivity contribution in [2.45, 2.75) is 25.8 Å². The first kappa shape index (κ1) is 17.9. The molecule has 0 spiro atoms. The predicted octanol–water partition coefficient (Wildman–Crippen LogP) is 2.14. The van der Waals surface area contributed by atoms with Crippen LogP contribution in [0.3, 0.4) is 0 Å². The quantitative estimate of drug-likeness (QED) is 0.787. The van der Waals surface area contributed by atoms with Gasteiger partial charge in [-0.05, 0) is 38.1 Å². The number of carbonyl (C=O) groups is 1. The second-order valence-corrected chi connectivity index (χ2v) is 7.95. The molecule has 5 nitrogen and oxygen atoms in total. The molecule has 1 amide bonds. The van der Waals surface area contributed by atoms with Crippen molar-refractivity contribution in [3.8, 4) is 0 Å². The maximum atomic E-state index is 12.6. The highest BCUT2D eigenvalue weighted by Gasteiger charge is 2.18. The molecule has 2 aliphatic rings. The zero-order valence-electron chi connectivity index (χ0n) is 14.7. The molecule has 0 aromatic carbocycles. The number of hydrogen-bond donors (Lipinski definition) is 0. The summed E-state index contributed by atoms with van der Waals surface area (Å²) in [7, 11) is 1.92. The van der Waals surface area contributed by atoms with Crippen LogP contribution in [-0.4, -0.2) is 80.1 Å². The van der Waals surface area contributed by atoms with Gasteiger partial charge >= 0.3 is 0 Å². The summed E-state index contributed by atoms with van der Waals surface area (Å²) in [6.45, 7) is 8.71. The number of rotatable bonds is 6. The minimum absolute atomic E-state index is 0.158. The van der Waals surface area contributed by atoms with Gasteiger partial charge in [0.1, 0.15) is 0 Å². The van der Waals surface area contributed by atoms with E-state index in [0.29, 0.717) is 0 Å². The third-order valence-electron chi connectivity index (χ3n) is 4.90. The Morgan fingerprint density at radius 1 is 1.12 bits per heavy atom. The van der Waals surface area contributed by atoms with Crippen LogP contribution in [0.4, 0.5) is 0 Å². The molecule has 2 aliphatic heterocycles. The van der Waals surface area contributed by atoms with E-state index in [9.17, 15) is 4.79 Å². The Balaban J connectivity index is 1.46. The summed E-state index contributed by atoms with van der Waals surface area (Å²) >= 11 is 1.64. The number of ether oxygens (including phenoxy) is 1. The fourth-order valence-electron chi connectivity index (χ4n) is 3.32. The van der Waals surface area contributed by atoms with Gasteiger partial charge in [0.25, 0.3) is 5.91 Å². The first-order valence-electron chi connectivity index (χ1n) is 9.09. The lowest BCUT2D eigenvalue weighted by Gasteiger charge is -2.28. The molecule has 3 heterocycles. The molecule has 0 bridgehead atoms. The van der Waals surface area contributed by atoms with Crippen LogP contribution in [0.25, 0.3) is 0 Å². The topological polar surface area (TPSA) is 36.0 Å². The van der Waals surface area contributed by atoms with Gasteiger partial charge in [0.05, 0.1) is 18.1 Å². The Morgan fingerprint density at radius 2 is 1.88 bits per heavy atom. The molecular formula is C18H29N3O2S. The molecule has 2 fully saturated rings. The Morgan fingerprint density at radius 3 is 2.62 bits per heavy atom. The van der Waals surface area contributed by atoms with E-state index >= 15 is 0 Å². The lowest BCUT2D eigenvalue weighted by Crippen LogP contribution is -2.38.